The average Bonchev–Trinajstić information content (AvgIpc) is 3.14. The molecule has 1 aliphatic rings. The van der Waals surface area contributed by atoms with Crippen molar-refractivity contribution in [2.75, 3.05) is 19.0 Å². The predicted molar refractivity (Wildman–Crippen MR) is 129 cm³/mol. The van der Waals surface area contributed by atoms with E-state index >= 15 is 0 Å². The van der Waals surface area contributed by atoms with Gasteiger partial charge in [-0.3, -0.25) is 4.79 Å². The van der Waals surface area contributed by atoms with E-state index in [0.717, 1.165) is 58.4 Å². The third-order valence-corrected chi connectivity index (χ3v) is 6.14. The number of carbonyl (C=O) groups is 1. The molecule has 0 fully saturated rings. The van der Waals surface area contributed by atoms with Crippen molar-refractivity contribution in [1.29, 1.82) is 0 Å². The van der Waals surface area contributed by atoms with E-state index in [1.54, 1.807) is 31.4 Å². The van der Waals surface area contributed by atoms with Gasteiger partial charge in [0.25, 0.3) is 0 Å². The Morgan fingerprint density at radius 3 is 2.78 bits per heavy atom. The number of furan rings is 1. The highest BCUT2D eigenvalue weighted by Crippen LogP contribution is 2.41. The zero-order chi connectivity index (χ0) is 22.8. The molecule has 0 aliphatic heterocycles. The average molecular weight is 454 g/mol. The van der Waals surface area contributed by atoms with E-state index in [1.165, 1.54) is 12.0 Å². The lowest BCUT2D eigenvalue weighted by molar-refractivity contribution is -0.111. The molecule has 1 N–H and O–H groups in total. The number of amides is 1. The van der Waals surface area contributed by atoms with E-state index in [4.69, 9.17) is 25.5 Å². The third-order valence-electron chi connectivity index (χ3n) is 5.91. The molecule has 5 nitrogen and oxygen atoms in total. The first-order valence-corrected chi connectivity index (χ1v) is 11.3. The minimum atomic E-state index is -0.266. The smallest absolute Gasteiger partial charge is 0.248 e. The Bertz CT molecular complexity index is 1210. The summed E-state index contributed by atoms with van der Waals surface area (Å²) in [5, 5.41) is 4.51. The number of allylic oxidation sites excluding steroid dienone is 1. The fourth-order valence-electron chi connectivity index (χ4n) is 4.38. The summed E-state index contributed by atoms with van der Waals surface area (Å²) in [6.07, 6.45) is 5.90. The number of hydrogen-bond donors (Lipinski definition) is 1. The molecule has 4 rings (SSSR count). The molecule has 6 heteroatoms. The van der Waals surface area contributed by atoms with Gasteiger partial charge >= 0.3 is 0 Å². The molecular weight excluding hydrogens is 426 g/mol. The van der Waals surface area contributed by atoms with E-state index in [2.05, 4.69) is 11.4 Å². The van der Waals surface area contributed by atoms with Gasteiger partial charge in [-0.1, -0.05) is 11.6 Å². The van der Waals surface area contributed by atoms with Crippen LogP contribution in [0.2, 0.25) is 5.02 Å². The summed E-state index contributed by atoms with van der Waals surface area (Å²) in [4.78, 5) is 12.8. The van der Waals surface area contributed by atoms with Crippen LogP contribution in [0.4, 0.5) is 5.69 Å². The molecule has 1 aromatic heterocycles. The van der Waals surface area contributed by atoms with Gasteiger partial charge in [-0.2, -0.15) is 0 Å². The monoisotopic (exact) mass is 453 g/mol. The number of hydrogen-bond acceptors (Lipinski definition) is 4. The van der Waals surface area contributed by atoms with Gasteiger partial charge in [0.1, 0.15) is 22.8 Å². The van der Waals surface area contributed by atoms with Gasteiger partial charge < -0.3 is 19.2 Å². The molecule has 0 spiro atoms. The molecule has 0 unspecified atom stereocenters. The maximum absolute atomic E-state index is 12.8. The summed E-state index contributed by atoms with van der Waals surface area (Å²) in [5.74, 6) is 2.12. The van der Waals surface area contributed by atoms with Crippen LogP contribution >= 0.6 is 11.6 Å². The van der Waals surface area contributed by atoms with E-state index in [0.29, 0.717) is 23.1 Å². The summed E-state index contributed by atoms with van der Waals surface area (Å²) in [5.41, 5.74) is 5.39. The summed E-state index contributed by atoms with van der Waals surface area (Å²) in [7, 11) is 1.55. The molecule has 1 heterocycles. The number of methoxy groups -OCH3 is 1. The van der Waals surface area contributed by atoms with Crippen molar-refractivity contribution in [3.05, 3.63) is 57.8 Å². The van der Waals surface area contributed by atoms with E-state index < -0.39 is 0 Å². The zero-order valence-corrected chi connectivity index (χ0v) is 19.7. The summed E-state index contributed by atoms with van der Waals surface area (Å²) < 4.78 is 17.6. The normalized spacial score (nSPS) is 13.7. The Morgan fingerprint density at radius 2 is 2.03 bits per heavy atom. The lowest BCUT2D eigenvalue weighted by Gasteiger charge is -2.15. The number of rotatable bonds is 6. The van der Waals surface area contributed by atoms with Crippen LogP contribution in [0.5, 0.6) is 11.5 Å². The topological polar surface area (TPSA) is 60.7 Å². The first-order chi connectivity index (χ1) is 15.4. The second-order valence-electron chi connectivity index (χ2n) is 8.06. The summed E-state index contributed by atoms with van der Waals surface area (Å²) in [6, 6.07) is 7.22. The molecule has 1 aliphatic carbocycles. The second-order valence-corrected chi connectivity index (χ2v) is 8.50. The third kappa shape index (κ3) is 4.22. The van der Waals surface area contributed by atoms with Crippen molar-refractivity contribution in [1.82, 2.24) is 0 Å². The highest BCUT2D eigenvalue weighted by Gasteiger charge is 2.23. The van der Waals surface area contributed by atoms with E-state index in [-0.39, 0.29) is 5.91 Å². The Morgan fingerprint density at radius 1 is 1.25 bits per heavy atom. The van der Waals surface area contributed by atoms with Crippen LogP contribution in [0.3, 0.4) is 0 Å². The van der Waals surface area contributed by atoms with Crippen LogP contribution in [0.1, 0.15) is 49.1 Å². The van der Waals surface area contributed by atoms with Crippen LogP contribution < -0.4 is 14.8 Å². The van der Waals surface area contributed by atoms with Crippen molar-refractivity contribution in [3.8, 4) is 11.5 Å². The molecule has 1 amide bonds. The van der Waals surface area contributed by atoms with E-state index in [9.17, 15) is 4.79 Å². The van der Waals surface area contributed by atoms with Crippen LogP contribution in [0.25, 0.3) is 16.5 Å². The Labute approximate surface area is 193 Å². The standard InChI is InChI=1S/C26H28ClNO4/c1-5-31-25-16(3)26-20(18-8-6-7-9-22(18)32-26)14-19(25)15(2)12-24(29)28-21-13-17(27)10-11-23(21)30-4/h10-14H,5-9H2,1-4H3,(H,28,29)/b15-12+. The molecule has 32 heavy (non-hydrogen) atoms. The van der Waals surface area contributed by atoms with Crippen LogP contribution in [0.15, 0.2) is 34.8 Å². The van der Waals surface area contributed by atoms with Crippen molar-refractivity contribution < 1.29 is 18.7 Å². The molecule has 0 bridgehead atoms. The molecule has 168 valence electrons. The molecule has 0 radical (unpaired) electrons. The van der Waals surface area contributed by atoms with Crippen molar-refractivity contribution in [3.63, 3.8) is 0 Å². The first-order valence-electron chi connectivity index (χ1n) is 11.0. The van der Waals surface area contributed by atoms with Crippen LogP contribution in [-0.2, 0) is 17.6 Å². The van der Waals surface area contributed by atoms with Crippen molar-refractivity contribution >= 4 is 39.7 Å². The number of fused-ring (bicyclic) bond motifs is 3. The van der Waals surface area contributed by atoms with Gasteiger partial charge in [0.05, 0.1) is 19.4 Å². The molecule has 0 atom stereocenters. The number of benzene rings is 2. The Balaban J connectivity index is 1.74. The molecule has 3 aromatic rings. The van der Waals surface area contributed by atoms with Crippen molar-refractivity contribution in [2.24, 2.45) is 0 Å². The van der Waals surface area contributed by atoms with E-state index in [1.807, 2.05) is 20.8 Å². The van der Waals surface area contributed by atoms with Crippen molar-refractivity contribution in [2.45, 2.75) is 46.5 Å². The lowest BCUT2D eigenvalue weighted by atomic mass is 9.93. The van der Waals surface area contributed by atoms with Gasteiger partial charge in [-0.15, -0.1) is 0 Å². The molecule has 0 saturated heterocycles. The van der Waals surface area contributed by atoms with Gasteiger partial charge in [-0.05, 0) is 69.9 Å². The van der Waals surface area contributed by atoms with Crippen LogP contribution in [-0.4, -0.2) is 19.6 Å². The SMILES string of the molecule is CCOc1c(/C(C)=C/C(=O)Nc2cc(Cl)ccc2OC)cc2c3c(oc2c1C)CCCC3. The second kappa shape index (κ2) is 9.29. The molecule has 2 aromatic carbocycles. The maximum Gasteiger partial charge on any atom is 0.248 e. The largest absolute Gasteiger partial charge is 0.495 e. The minimum absolute atomic E-state index is 0.266. The number of aryl methyl sites for hydroxylation is 3. The molecule has 0 saturated carbocycles. The van der Waals surface area contributed by atoms with Gasteiger partial charge in [0.2, 0.25) is 5.91 Å². The summed E-state index contributed by atoms with van der Waals surface area (Å²) in [6.45, 7) is 6.43. The number of carbonyl (C=O) groups excluding carboxylic acids is 1. The zero-order valence-electron chi connectivity index (χ0n) is 18.9. The van der Waals surface area contributed by atoms with Gasteiger partial charge in [0.15, 0.2) is 0 Å². The fourth-order valence-corrected chi connectivity index (χ4v) is 4.55. The van der Waals surface area contributed by atoms with Gasteiger partial charge in [0, 0.05) is 39.6 Å². The predicted octanol–water partition coefficient (Wildman–Crippen LogP) is 6.72. The molecular formula is C26H28ClNO4. The lowest BCUT2D eigenvalue weighted by Crippen LogP contribution is -2.10. The number of ether oxygens (including phenoxy) is 2. The maximum atomic E-state index is 12.8. The summed E-state index contributed by atoms with van der Waals surface area (Å²) >= 11 is 6.09. The minimum Gasteiger partial charge on any atom is -0.495 e. The number of halogens is 1. The highest BCUT2D eigenvalue weighted by molar-refractivity contribution is 6.31. The van der Waals surface area contributed by atoms with Crippen LogP contribution in [0, 0.1) is 6.92 Å². The Kier molecular flexibility index (Phi) is 6.47. The Hall–Kier alpha value is -2.92. The van der Waals surface area contributed by atoms with Gasteiger partial charge in [-0.25, -0.2) is 0 Å². The number of anilines is 1. The highest BCUT2D eigenvalue weighted by atomic mass is 35.5. The quantitative estimate of drug-likeness (QED) is 0.420. The first kappa shape index (κ1) is 22.3. The number of nitrogens with one attached hydrogen (secondary N) is 1. The fraction of sp³-hybridized carbons (Fsp3) is 0.346.